The number of hydrogen-bond acceptors (Lipinski definition) is 3. The van der Waals surface area contributed by atoms with Gasteiger partial charge in [-0.3, -0.25) is 0 Å². The molecule has 0 bridgehead atoms. The molecule has 0 amide bonds. The average molecular weight is 353 g/mol. The summed E-state index contributed by atoms with van der Waals surface area (Å²) in [5, 5.41) is 0. The van der Waals surface area contributed by atoms with Gasteiger partial charge in [0.15, 0.2) is 0 Å². The van der Waals surface area contributed by atoms with E-state index in [2.05, 4.69) is 46.0 Å². The number of nitrogens with two attached hydrogens (primary N) is 1. The fourth-order valence-electron chi connectivity index (χ4n) is 3.55. The van der Waals surface area contributed by atoms with Crippen LogP contribution in [0.5, 0.6) is 0 Å². The minimum absolute atomic E-state index is 0.245. The number of benzene rings is 1. The Morgan fingerprint density at radius 3 is 3.05 bits per heavy atom. The number of morpholine rings is 1. The molecule has 1 aromatic rings. The molecular weight excluding hydrogens is 328 g/mol. The van der Waals surface area contributed by atoms with Crippen molar-refractivity contribution in [2.75, 3.05) is 18.1 Å². The van der Waals surface area contributed by atoms with Gasteiger partial charge in [0.25, 0.3) is 0 Å². The number of ether oxygens (including phenoxy) is 1. The molecule has 116 valence electrons. The van der Waals surface area contributed by atoms with Crippen LogP contribution < -0.4 is 10.6 Å². The minimum atomic E-state index is 0.245. The molecule has 3 rings (SSSR count). The van der Waals surface area contributed by atoms with Crippen molar-refractivity contribution in [3.05, 3.63) is 28.2 Å². The van der Waals surface area contributed by atoms with E-state index in [0.717, 1.165) is 26.0 Å². The van der Waals surface area contributed by atoms with Crippen LogP contribution in [0.3, 0.4) is 0 Å². The SMILES string of the molecule is CCC(N)Cc1ccc(N2CCOC3CCCC32)cc1Br. The maximum absolute atomic E-state index is 6.08. The Hall–Kier alpha value is -0.580. The Bertz CT molecular complexity index is 494. The Kier molecular flexibility index (Phi) is 4.87. The first kappa shape index (κ1) is 15.3. The predicted molar refractivity (Wildman–Crippen MR) is 90.8 cm³/mol. The molecular formula is C17H25BrN2O. The highest BCUT2D eigenvalue weighted by Crippen LogP contribution is 2.34. The van der Waals surface area contributed by atoms with Crippen LogP contribution in [0.4, 0.5) is 5.69 Å². The molecule has 1 saturated heterocycles. The van der Waals surface area contributed by atoms with Gasteiger partial charge in [0.1, 0.15) is 0 Å². The summed E-state index contributed by atoms with van der Waals surface area (Å²) < 4.78 is 7.09. The van der Waals surface area contributed by atoms with Crippen molar-refractivity contribution in [1.82, 2.24) is 0 Å². The summed E-state index contributed by atoms with van der Waals surface area (Å²) in [6, 6.07) is 7.56. The van der Waals surface area contributed by atoms with Crippen LogP contribution in [0.2, 0.25) is 0 Å². The highest BCUT2D eigenvalue weighted by molar-refractivity contribution is 9.10. The zero-order valence-corrected chi connectivity index (χ0v) is 14.3. The highest BCUT2D eigenvalue weighted by Gasteiger charge is 2.36. The van der Waals surface area contributed by atoms with E-state index in [9.17, 15) is 0 Å². The molecule has 1 aliphatic heterocycles. The van der Waals surface area contributed by atoms with Gasteiger partial charge in [-0.2, -0.15) is 0 Å². The second-order valence-corrected chi connectivity index (χ2v) is 7.10. The normalized spacial score (nSPS) is 26.7. The number of fused-ring (bicyclic) bond motifs is 1. The number of anilines is 1. The second kappa shape index (κ2) is 6.67. The third-order valence-electron chi connectivity index (χ3n) is 4.86. The highest BCUT2D eigenvalue weighted by atomic mass is 79.9. The maximum Gasteiger partial charge on any atom is 0.0779 e. The van der Waals surface area contributed by atoms with Crippen molar-refractivity contribution in [3.63, 3.8) is 0 Å². The van der Waals surface area contributed by atoms with Crippen LogP contribution in [0.25, 0.3) is 0 Å². The lowest BCUT2D eigenvalue weighted by Crippen LogP contribution is -2.48. The van der Waals surface area contributed by atoms with Gasteiger partial charge in [-0.15, -0.1) is 0 Å². The van der Waals surface area contributed by atoms with E-state index in [1.807, 2.05) is 0 Å². The monoisotopic (exact) mass is 352 g/mol. The Morgan fingerprint density at radius 1 is 1.43 bits per heavy atom. The van der Waals surface area contributed by atoms with Crippen molar-refractivity contribution >= 4 is 21.6 Å². The van der Waals surface area contributed by atoms with E-state index in [-0.39, 0.29) is 6.04 Å². The van der Waals surface area contributed by atoms with Gasteiger partial charge in [0, 0.05) is 22.7 Å². The van der Waals surface area contributed by atoms with Gasteiger partial charge in [-0.1, -0.05) is 28.9 Å². The van der Waals surface area contributed by atoms with Gasteiger partial charge < -0.3 is 15.4 Å². The minimum Gasteiger partial charge on any atom is -0.374 e. The van der Waals surface area contributed by atoms with E-state index in [1.54, 1.807) is 0 Å². The predicted octanol–water partition coefficient (Wildman–Crippen LogP) is 3.49. The fourth-order valence-corrected chi connectivity index (χ4v) is 4.08. The molecule has 1 heterocycles. The molecule has 3 atom stereocenters. The largest absolute Gasteiger partial charge is 0.374 e. The summed E-state index contributed by atoms with van der Waals surface area (Å²) in [5.41, 5.74) is 8.70. The van der Waals surface area contributed by atoms with Gasteiger partial charge in [-0.25, -0.2) is 0 Å². The molecule has 21 heavy (non-hydrogen) atoms. The van der Waals surface area contributed by atoms with Crippen LogP contribution in [-0.4, -0.2) is 31.3 Å². The third kappa shape index (κ3) is 3.27. The molecule has 1 aliphatic carbocycles. The van der Waals surface area contributed by atoms with Crippen molar-refractivity contribution in [1.29, 1.82) is 0 Å². The van der Waals surface area contributed by atoms with Crippen molar-refractivity contribution < 1.29 is 4.74 Å². The first-order valence-electron chi connectivity index (χ1n) is 8.11. The topological polar surface area (TPSA) is 38.5 Å². The third-order valence-corrected chi connectivity index (χ3v) is 5.60. The van der Waals surface area contributed by atoms with Crippen LogP contribution in [-0.2, 0) is 11.2 Å². The molecule has 0 spiro atoms. The Morgan fingerprint density at radius 2 is 2.29 bits per heavy atom. The first-order valence-corrected chi connectivity index (χ1v) is 8.90. The summed E-state index contributed by atoms with van der Waals surface area (Å²) in [6.07, 6.45) is 6.15. The fraction of sp³-hybridized carbons (Fsp3) is 0.647. The van der Waals surface area contributed by atoms with Crippen LogP contribution in [0.1, 0.15) is 38.2 Å². The summed E-state index contributed by atoms with van der Waals surface area (Å²) in [6.45, 7) is 3.99. The lowest BCUT2D eigenvalue weighted by molar-refractivity contribution is 0.0256. The van der Waals surface area contributed by atoms with Crippen molar-refractivity contribution in [3.8, 4) is 0 Å². The maximum atomic E-state index is 6.08. The molecule has 3 unspecified atom stereocenters. The molecule has 2 N–H and O–H groups in total. The molecule has 0 radical (unpaired) electrons. The van der Waals surface area contributed by atoms with Gasteiger partial charge in [0.05, 0.1) is 18.8 Å². The average Bonchev–Trinajstić information content (AvgIpc) is 2.97. The molecule has 0 aromatic heterocycles. The molecule has 1 aromatic carbocycles. The molecule has 2 fully saturated rings. The number of rotatable bonds is 4. The van der Waals surface area contributed by atoms with E-state index in [0.29, 0.717) is 12.1 Å². The number of hydrogen-bond donors (Lipinski definition) is 1. The first-order chi connectivity index (χ1) is 10.2. The lowest BCUT2D eigenvalue weighted by atomic mass is 10.0. The molecule has 1 saturated carbocycles. The van der Waals surface area contributed by atoms with E-state index in [4.69, 9.17) is 10.5 Å². The Labute approximate surface area is 136 Å². The van der Waals surface area contributed by atoms with Crippen LogP contribution >= 0.6 is 15.9 Å². The second-order valence-electron chi connectivity index (χ2n) is 6.25. The lowest BCUT2D eigenvalue weighted by Gasteiger charge is -2.39. The standard InChI is InChI=1S/C17H25BrN2O/c1-2-13(19)10-12-6-7-14(11-15(12)18)20-8-9-21-17-5-3-4-16(17)20/h6-7,11,13,16-17H,2-5,8-10,19H2,1H3. The zero-order valence-electron chi connectivity index (χ0n) is 12.7. The smallest absolute Gasteiger partial charge is 0.0779 e. The van der Waals surface area contributed by atoms with Gasteiger partial charge in [0.2, 0.25) is 0 Å². The summed E-state index contributed by atoms with van der Waals surface area (Å²) in [7, 11) is 0. The van der Waals surface area contributed by atoms with Gasteiger partial charge in [-0.05, 0) is 49.8 Å². The number of nitrogens with zero attached hydrogens (tertiary/aromatic N) is 1. The van der Waals surface area contributed by atoms with Gasteiger partial charge >= 0.3 is 0 Å². The quantitative estimate of drug-likeness (QED) is 0.901. The zero-order chi connectivity index (χ0) is 14.8. The Balaban J connectivity index is 1.78. The number of halogens is 1. The molecule has 4 heteroatoms. The van der Waals surface area contributed by atoms with E-state index in [1.165, 1.54) is 35.0 Å². The van der Waals surface area contributed by atoms with Crippen molar-refractivity contribution in [2.45, 2.75) is 57.2 Å². The molecule has 2 aliphatic rings. The van der Waals surface area contributed by atoms with E-state index < -0.39 is 0 Å². The van der Waals surface area contributed by atoms with Crippen LogP contribution in [0.15, 0.2) is 22.7 Å². The summed E-state index contributed by atoms with van der Waals surface area (Å²) >= 11 is 3.73. The van der Waals surface area contributed by atoms with Crippen molar-refractivity contribution in [2.24, 2.45) is 5.73 Å². The van der Waals surface area contributed by atoms with E-state index >= 15 is 0 Å². The molecule has 3 nitrogen and oxygen atoms in total. The summed E-state index contributed by atoms with van der Waals surface area (Å²) in [5.74, 6) is 0. The van der Waals surface area contributed by atoms with Crippen LogP contribution in [0, 0.1) is 0 Å². The summed E-state index contributed by atoms with van der Waals surface area (Å²) in [4.78, 5) is 2.54.